The lowest BCUT2D eigenvalue weighted by Gasteiger charge is -2.22. The first kappa shape index (κ1) is 11.1. The van der Waals surface area contributed by atoms with Crippen LogP contribution in [0.3, 0.4) is 0 Å². The van der Waals surface area contributed by atoms with Gasteiger partial charge in [-0.2, -0.15) is 0 Å². The predicted molar refractivity (Wildman–Crippen MR) is 59.1 cm³/mol. The van der Waals surface area contributed by atoms with Crippen molar-refractivity contribution >= 4 is 5.91 Å². The van der Waals surface area contributed by atoms with Gasteiger partial charge in [-0.15, -0.1) is 0 Å². The SMILES string of the molecule is CCN1C(=O)C(C)NC1c1ccc(F)cc1. The summed E-state index contributed by atoms with van der Waals surface area (Å²) in [6.07, 6.45) is -0.131. The second-order valence-corrected chi connectivity index (χ2v) is 3.97. The number of hydrogen-bond acceptors (Lipinski definition) is 2. The molecular formula is C12H15FN2O. The van der Waals surface area contributed by atoms with Gasteiger partial charge in [0, 0.05) is 6.54 Å². The fraction of sp³-hybridized carbons (Fsp3) is 0.417. The van der Waals surface area contributed by atoms with Gasteiger partial charge in [-0.3, -0.25) is 10.1 Å². The van der Waals surface area contributed by atoms with E-state index in [1.54, 1.807) is 17.0 Å². The van der Waals surface area contributed by atoms with E-state index in [0.29, 0.717) is 6.54 Å². The lowest BCUT2D eigenvalue weighted by molar-refractivity contribution is -0.129. The Bertz CT molecular complexity index is 391. The standard InChI is InChI=1S/C12H15FN2O/c1-3-15-11(14-8(2)12(15)16)9-4-6-10(13)7-5-9/h4-8,11,14H,3H2,1-2H3. The van der Waals surface area contributed by atoms with Crippen LogP contribution in [-0.4, -0.2) is 23.4 Å². The largest absolute Gasteiger partial charge is 0.322 e. The number of nitrogens with zero attached hydrogens (tertiary/aromatic N) is 1. The summed E-state index contributed by atoms with van der Waals surface area (Å²) in [6, 6.07) is 6.08. The molecule has 1 aliphatic heterocycles. The van der Waals surface area contributed by atoms with Gasteiger partial charge in [0.2, 0.25) is 5.91 Å². The van der Waals surface area contributed by atoms with Gasteiger partial charge in [0.25, 0.3) is 0 Å². The smallest absolute Gasteiger partial charge is 0.241 e. The molecular weight excluding hydrogens is 207 g/mol. The van der Waals surface area contributed by atoms with Gasteiger partial charge in [0.05, 0.1) is 6.04 Å². The van der Waals surface area contributed by atoms with Crippen molar-refractivity contribution < 1.29 is 9.18 Å². The van der Waals surface area contributed by atoms with E-state index in [2.05, 4.69) is 5.32 Å². The molecule has 0 radical (unpaired) electrons. The van der Waals surface area contributed by atoms with E-state index in [1.165, 1.54) is 12.1 Å². The van der Waals surface area contributed by atoms with Gasteiger partial charge < -0.3 is 4.90 Å². The fourth-order valence-corrected chi connectivity index (χ4v) is 2.03. The maximum absolute atomic E-state index is 12.8. The number of rotatable bonds is 2. The zero-order chi connectivity index (χ0) is 11.7. The van der Waals surface area contributed by atoms with Gasteiger partial charge in [-0.05, 0) is 31.5 Å². The van der Waals surface area contributed by atoms with Gasteiger partial charge >= 0.3 is 0 Å². The molecule has 0 spiro atoms. The van der Waals surface area contributed by atoms with Crippen LogP contribution in [0.4, 0.5) is 4.39 Å². The van der Waals surface area contributed by atoms with Crippen LogP contribution in [0.15, 0.2) is 24.3 Å². The Hall–Kier alpha value is -1.42. The van der Waals surface area contributed by atoms with Crippen molar-refractivity contribution in [2.75, 3.05) is 6.54 Å². The van der Waals surface area contributed by atoms with Gasteiger partial charge in [-0.25, -0.2) is 4.39 Å². The van der Waals surface area contributed by atoms with E-state index in [0.717, 1.165) is 5.56 Å². The summed E-state index contributed by atoms with van der Waals surface area (Å²) in [5.74, 6) is -0.166. The number of carbonyl (C=O) groups excluding carboxylic acids is 1. The van der Waals surface area contributed by atoms with Gasteiger partial charge in [0.1, 0.15) is 12.0 Å². The number of carbonyl (C=O) groups is 1. The molecule has 0 saturated carbocycles. The van der Waals surface area contributed by atoms with Gasteiger partial charge in [0.15, 0.2) is 0 Å². The van der Waals surface area contributed by atoms with Crippen molar-refractivity contribution in [1.82, 2.24) is 10.2 Å². The van der Waals surface area contributed by atoms with E-state index >= 15 is 0 Å². The van der Waals surface area contributed by atoms with Crippen molar-refractivity contribution in [3.63, 3.8) is 0 Å². The summed E-state index contributed by atoms with van der Waals surface area (Å²) in [7, 11) is 0. The van der Waals surface area contributed by atoms with Crippen LogP contribution >= 0.6 is 0 Å². The van der Waals surface area contributed by atoms with Crippen molar-refractivity contribution in [2.24, 2.45) is 0 Å². The average molecular weight is 222 g/mol. The lowest BCUT2D eigenvalue weighted by Crippen LogP contribution is -2.30. The summed E-state index contributed by atoms with van der Waals surface area (Å²) in [5.41, 5.74) is 0.918. The van der Waals surface area contributed by atoms with Crippen molar-refractivity contribution in [2.45, 2.75) is 26.1 Å². The Morgan fingerprint density at radius 3 is 2.56 bits per heavy atom. The number of amides is 1. The van der Waals surface area contributed by atoms with Crippen LogP contribution in [-0.2, 0) is 4.79 Å². The third kappa shape index (κ3) is 1.80. The van der Waals surface area contributed by atoms with Crippen molar-refractivity contribution in [3.8, 4) is 0 Å². The fourth-order valence-electron chi connectivity index (χ4n) is 2.03. The summed E-state index contributed by atoms with van der Waals surface area (Å²) in [4.78, 5) is 13.5. The summed E-state index contributed by atoms with van der Waals surface area (Å²) >= 11 is 0. The Labute approximate surface area is 94.3 Å². The molecule has 0 aliphatic carbocycles. The van der Waals surface area contributed by atoms with Crippen LogP contribution in [0.1, 0.15) is 25.6 Å². The Morgan fingerprint density at radius 1 is 1.38 bits per heavy atom. The molecule has 16 heavy (non-hydrogen) atoms. The zero-order valence-corrected chi connectivity index (χ0v) is 9.40. The Balaban J connectivity index is 2.27. The van der Waals surface area contributed by atoms with Crippen molar-refractivity contribution in [1.29, 1.82) is 0 Å². The first-order chi connectivity index (χ1) is 7.63. The molecule has 2 atom stereocenters. The Morgan fingerprint density at radius 2 is 2.00 bits per heavy atom. The number of nitrogens with one attached hydrogen (secondary N) is 1. The zero-order valence-electron chi connectivity index (χ0n) is 9.40. The second kappa shape index (κ2) is 4.22. The number of likely N-dealkylation sites (N-methyl/N-ethyl adjacent to an activating group) is 1. The molecule has 1 amide bonds. The van der Waals surface area contributed by atoms with Crippen LogP contribution in [0, 0.1) is 5.82 Å². The highest BCUT2D eigenvalue weighted by atomic mass is 19.1. The number of halogens is 1. The van der Waals surface area contributed by atoms with Crippen molar-refractivity contribution in [3.05, 3.63) is 35.6 Å². The molecule has 86 valence electrons. The molecule has 3 nitrogen and oxygen atoms in total. The van der Waals surface area contributed by atoms with E-state index < -0.39 is 0 Å². The minimum absolute atomic E-state index is 0.0943. The highest BCUT2D eigenvalue weighted by molar-refractivity contribution is 5.84. The first-order valence-electron chi connectivity index (χ1n) is 5.45. The molecule has 1 fully saturated rings. The molecule has 1 N–H and O–H groups in total. The van der Waals surface area contributed by atoms with Crippen LogP contribution in [0.25, 0.3) is 0 Å². The third-order valence-corrected chi connectivity index (χ3v) is 2.90. The van der Waals surface area contributed by atoms with Crippen LogP contribution < -0.4 is 5.32 Å². The molecule has 0 aromatic heterocycles. The van der Waals surface area contributed by atoms with E-state index in [9.17, 15) is 9.18 Å². The Kier molecular flexibility index (Phi) is 2.92. The number of hydrogen-bond donors (Lipinski definition) is 1. The third-order valence-electron chi connectivity index (χ3n) is 2.90. The molecule has 1 aromatic rings. The van der Waals surface area contributed by atoms with E-state index in [4.69, 9.17) is 0 Å². The molecule has 2 unspecified atom stereocenters. The van der Waals surface area contributed by atoms with Crippen LogP contribution in [0.2, 0.25) is 0 Å². The molecule has 0 bridgehead atoms. The highest BCUT2D eigenvalue weighted by Crippen LogP contribution is 2.24. The van der Waals surface area contributed by atoms with E-state index in [-0.39, 0.29) is 23.9 Å². The van der Waals surface area contributed by atoms with E-state index in [1.807, 2.05) is 13.8 Å². The molecule has 1 aromatic carbocycles. The molecule has 2 rings (SSSR count). The molecule has 1 aliphatic rings. The second-order valence-electron chi connectivity index (χ2n) is 3.97. The summed E-state index contributed by atoms with van der Waals surface area (Å²) in [5, 5.41) is 3.19. The van der Waals surface area contributed by atoms with Gasteiger partial charge in [-0.1, -0.05) is 12.1 Å². The molecule has 4 heteroatoms. The monoisotopic (exact) mass is 222 g/mol. The summed E-state index contributed by atoms with van der Waals surface area (Å²) < 4.78 is 12.8. The normalized spacial score (nSPS) is 25.2. The minimum Gasteiger partial charge on any atom is -0.322 e. The minimum atomic E-state index is -0.260. The number of benzene rings is 1. The lowest BCUT2D eigenvalue weighted by atomic mass is 10.1. The maximum Gasteiger partial charge on any atom is 0.241 e. The van der Waals surface area contributed by atoms with Crippen LogP contribution in [0.5, 0.6) is 0 Å². The maximum atomic E-state index is 12.8. The molecule has 1 heterocycles. The topological polar surface area (TPSA) is 32.3 Å². The molecule has 1 saturated heterocycles. The summed E-state index contributed by atoms with van der Waals surface area (Å²) in [6.45, 7) is 4.43. The average Bonchev–Trinajstić information content (AvgIpc) is 2.56. The highest BCUT2D eigenvalue weighted by Gasteiger charge is 2.35. The predicted octanol–water partition coefficient (Wildman–Crippen LogP) is 1.66. The quantitative estimate of drug-likeness (QED) is 0.825. The first-order valence-corrected chi connectivity index (χ1v) is 5.45.